The maximum absolute atomic E-state index is 12.0. The number of nitrogens with zero attached hydrogens (tertiary/aromatic N) is 1. The van der Waals surface area contributed by atoms with E-state index in [9.17, 15) is 9.59 Å². The number of anilines is 1. The molecular weight excluding hydrogens is 260 g/mol. The molecule has 0 fully saturated rings. The molecule has 2 aromatic heterocycles. The molecule has 2 heterocycles. The molecule has 20 heavy (non-hydrogen) atoms. The second-order valence-electron chi connectivity index (χ2n) is 4.25. The van der Waals surface area contributed by atoms with E-state index in [4.69, 9.17) is 4.74 Å². The van der Waals surface area contributed by atoms with Crippen LogP contribution in [0.1, 0.15) is 17.3 Å². The van der Waals surface area contributed by atoms with E-state index in [0.29, 0.717) is 35.4 Å². The molecule has 0 aliphatic carbocycles. The molecule has 3 N–H and O–H groups in total. The van der Waals surface area contributed by atoms with Crippen LogP contribution in [0.3, 0.4) is 0 Å². The normalized spacial score (nSPS) is 10.5. The second kappa shape index (κ2) is 6.16. The van der Waals surface area contributed by atoms with Gasteiger partial charge >= 0.3 is 0 Å². The number of carbonyl (C=O) groups excluding carboxylic acids is 2. The zero-order valence-electron chi connectivity index (χ0n) is 11.3. The van der Waals surface area contributed by atoms with E-state index >= 15 is 0 Å². The Kier molecular flexibility index (Phi) is 4.31. The molecule has 0 saturated heterocycles. The van der Waals surface area contributed by atoms with Gasteiger partial charge in [-0.3, -0.25) is 9.59 Å². The van der Waals surface area contributed by atoms with Gasteiger partial charge < -0.3 is 20.4 Å². The first-order chi connectivity index (χ1) is 9.61. The van der Waals surface area contributed by atoms with Crippen molar-refractivity contribution in [3.8, 4) is 0 Å². The smallest absolute Gasteiger partial charge is 0.253 e. The second-order valence-corrected chi connectivity index (χ2v) is 4.25. The summed E-state index contributed by atoms with van der Waals surface area (Å²) >= 11 is 0. The summed E-state index contributed by atoms with van der Waals surface area (Å²) in [6.07, 6.45) is 3.13. The maximum atomic E-state index is 12.0. The van der Waals surface area contributed by atoms with Crippen LogP contribution in [0.15, 0.2) is 18.5 Å². The minimum Gasteiger partial charge on any atom is -0.383 e. The fraction of sp³-hybridized carbons (Fsp3) is 0.308. The molecule has 0 saturated carbocycles. The third kappa shape index (κ3) is 3.12. The number of ether oxygens (including phenoxy) is 1. The molecule has 0 aliphatic heterocycles. The topological polar surface area (TPSA) is 96.1 Å². The van der Waals surface area contributed by atoms with E-state index in [0.717, 1.165) is 0 Å². The number of hydrogen-bond donors (Lipinski definition) is 3. The lowest BCUT2D eigenvalue weighted by atomic mass is 10.2. The van der Waals surface area contributed by atoms with E-state index in [-0.39, 0.29) is 11.8 Å². The summed E-state index contributed by atoms with van der Waals surface area (Å²) in [6.45, 7) is 2.30. The molecule has 7 heteroatoms. The van der Waals surface area contributed by atoms with Crippen molar-refractivity contribution in [3.05, 3.63) is 24.0 Å². The molecule has 0 radical (unpaired) electrons. The van der Waals surface area contributed by atoms with Gasteiger partial charge in [-0.1, -0.05) is 0 Å². The van der Waals surface area contributed by atoms with Crippen molar-refractivity contribution >= 4 is 28.5 Å². The summed E-state index contributed by atoms with van der Waals surface area (Å²) in [4.78, 5) is 30.2. The van der Waals surface area contributed by atoms with Gasteiger partial charge in [0.1, 0.15) is 5.65 Å². The Morgan fingerprint density at radius 3 is 2.95 bits per heavy atom. The minimum atomic E-state index is -0.213. The quantitative estimate of drug-likeness (QED) is 0.707. The Morgan fingerprint density at radius 2 is 2.25 bits per heavy atom. The van der Waals surface area contributed by atoms with Gasteiger partial charge in [-0.15, -0.1) is 0 Å². The predicted octanol–water partition coefficient (Wildman–Crippen LogP) is 0.897. The van der Waals surface area contributed by atoms with Crippen molar-refractivity contribution in [1.82, 2.24) is 15.3 Å². The first kappa shape index (κ1) is 14.0. The Labute approximate surface area is 115 Å². The number of fused-ring (bicyclic) bond motifs is 1. The third-order valence-corrected chi connectivity index (χ3v) is 2.69. The number of nitrogens with one attached hydrogen (secondary N) is 3. The number of methoxy groups -OCH3 is 1. The van der Waals surface area contributed by atoms with Gasteiger partial charge in [0, 0.05) is 32.2 Å². The van der Waals surface area contributed by atoms with Crippen molar-refractivity contribution in [3.63, 3.8) is 0 Å². The van der Waals surface area contributed by atoms with Crippen LogP contribution in [0.4, 0.5) is 5.69 Å². The number of amides is 2. The monoisotopic (exact) mass is 276 g/mol. The van der Waals surface area contributed by atoms with Crippen LogP contribution < -0.4 is 10.6 Å². The Bertz CT molecular complexity index is 636. The highest BCUT2D eigenvalue weighted by atomic mass is 16.5. The van der Waals surface area contributed by atoms with E-state index in [1.165, 1.54) is 13.1 Å². The van der Waals surface area contributed by atoms with Crippen molar-refractivity contribution in [2.45, 2.75) is 6.92 Å². The standard InChI is InChI=1S/C13H16N4O3/c1-8(18)17-9-5-10-11(7-16-12(10)15-6-9)13(19)14-3-4-20-2/h5-7H,3-4H2,1-2H3,(H,14,19)(H,15,16)(H,17,18). The first-order valence-corrected chi connectivity index (χ1v) is 6.13. The summed E-state index contributed by atoms with van der Waals surface area (Å²) in [6, 6.07) is 1.71. The van der Waals surface area contributed by atoms with E-state index in [2.05, 4.69) is 20.6 Å². The Morgan fingerprint density at radius 1 is 1.45 bits per heavy atom. The summed E-state index contributed by atoms with van der Waals surface area (Å²) in [5.74, 6) is -0.400. The number of rotatable bonds is 5. The molecule has 7 nitrogen and oxygen atoms in total. The maximum Gasteiger partial charge on any atom is 0.253 e. The molecule has 2 amide bonds. The Balaban J connectivity index is 2.24. The SMILES string of the molecule is COCCNC(=O)c1c[nH]c2ncc(NC(C)=O)cc12. The molecule has 0 spiro atoms. The van der Waals surface area contributed by atoms with Gasteiger partial charge in [-0.05, 0) is 6.07 Å². The third-order valence-electron chi connectivity index (χ3n) is 2.69. The molecule has 106 valence electrons. The highest BCUT2D eigenvalue weighted by Crippen LogP contribution is 2.20. The van der Waals surface area contributed by atoms with Crippen molar-refractivity contribution in [2.75, 3.05) is 25.6 Å². The molecule has 0 atom stereocenters. The summed E-state index contributed by atoms with van der Waals surface area (Å²) in [7, 11) is 1.57. The predicted molar refractivity (Wildman–Crippen MR) is 74.6 cm³/mol. The molecule has 0 aliphatic rings. The molecule has 0 unspecified atom stereocenters. The molecule has 2 rings (SSSR count). The van der Waals surface area contributed by atoms with Crippen LogP contribution in [-0.2, 0) is 9.53 Å². The zero-order chi connectivity index (χ0) is 14.5. The molecular formula is C13H16N4O3. The lowest BCUT2D eigenvalue weighted by molar-refractivity contribution is -0.114. The van der Waals surface area contributed by atoms with E-state index in [1.54, 1.807) is 19.4 Å². The fourth-order valence-electron chi connectivity index (χ4n) is 1.82. The van der Waals surface area contributed by atoms with E-state index in [1.807, 2.05) is 0 Å². The highest BCUT2D eigenvalue weighted by Gasteiger charge is 2.13. The van der Waals surface area contributed by atoms with Gasteiger partial charge in [0.2, 0.25) is 5.91 Å². The van der Waals surface area contributed by atoms with Crippen LogP contribution in [0.25, 0.3) is 11.0 Å². The van der Waals surface area contributed by atoms with Gasteiger partial charge in [-0.2, -0.15) is 0 Å². The first-order valence-electron chi connectivity index (χ1n) is 6.13. The van der Waals surface area contributed by atoms with Crippen LogP contribution in [0.2, 0.25) is 0 Å². The number of carbonyl (C=O) groups is 2. The van der Waals surface area contributed by atoms with E-state index < -0.39 is 0 Å². The number of H-pyrrole nitrogens is 1. The van der Waals surface area contributed by atoms with Crippen LogP contribution in [0.5, 0.6) is 0 Å². The van der Waals surface area contributed by atoms with Crippen molar-refractivity contribution in [2.24, 2.45) is 0 Å². The highest BCUT2D eigenvalue weighted by molar-refractivity contribution is 6.07. The fourth-order valence-corrected chi connectivity index (χ4v) is 1.82. The van der Waals surface area contributed by atoms with Crippen LogP contribution in [-0.4, -0.2) is 42.0 Å². The minimum absolute atomic E-state index is 0.187. The van der Waals surface area contributed by atoms with Crippen molar-refractivity contribution < 1.29 is 14.3 Å². The number of aromatic nitrogens is 2. The summed E-state index contributed by atoms with van der Waals surface area (Å²) in [5, 5.41) is 6.04. The average molecular weight is 276 g/mol. The number of aromatic amines is 1. The summed E-state index contributed by atoms with van der Waals surface area (Å²) in [5.41, 5.74) is 1.63. The van der Waals surface area contributed by atoms with Gasteiger partial charge in [0.25, 0.3) is 5.91 Å². The lowest BCUT2D eigenvalue weighted by Crippen LogP contribution is -2.26. The molecule has 0 bridgehead atoms. The van der Waals surface area contributed by atoms with Gasteiger partial charge in [-0.25, -0.2) is 4.98 Å². The van der Waals surface area contributed by atoms with Crippen LogP contribution in [0, 0.1) is 0 Å². The number of pyridine rings is 1. The van der Waals surface area contributed by atoms with Crippen LogP contribution >= 0.6 is 0 Å². The number of hydrogen-bond acceptors (Lipinski definition) is 4. The lowest BCUT2D eigenvalue weighted by Gasteiger charge is -2.04. The summed E-state index contributed by atoms with van der Waals surface area (Å²) < 4.78 is 4.88. The average Bonchev–Trinajstić information content (AvgIpc) is 2.81. The molecule has 2 aromatic rings. The van der Waals surface area contributed by atoms with Gasteiger partial charge in [0.15, 0.2) is 0 Å². The zero-order valence-corrected chi connectivity index (χ0v) is 11.3. The van der Waals surface area contributed by atoms with Crippen molar-refractivity contribution in [1.29, 1.82) is 0 Å². The Hall–Kier alpha value is -2.41. The van der Waals surface area contributed by atoms with Gasteiger partial charge in [0.05, 0.1) is 24.1 Å². The molecule has 0 aromatic carbocycles. The largest absolute Gasteiger partial charge is 0.383 e.